The van der Waals surface area contributed by atoms with Crippen LogP contribution >= 0.6 is 11.8 Å². The van der Waals surface area contributed by atoms with Gasteiger partial charge in [-0.2, -0.15) is 0 Å². The second kappa shape index (κ2) is 22.8. The number of esters is 1. The summed E-state index contributed by atoms with van der Waals surface area (Å²) >= 11 is 1.22. The first-order chi connectivity index (χ1) is 31.9. The molecular formula is C50H72N4O13S. The molecule has 1 aromatic carbocycles. The molecule has 0 aromatic heterocycles. The molecule has 5 rings (SSSR count). The number of carbonyl (C=O) groups is 7. The molecule has 1 unspecified atom stereocenters. The van der Waals surface area contributed by atoms with Gasteiger partial charge in [0.15, 0.2) is 5.72 Å². The Labute approximate surface area is 404 Å². The number of ether oxygens (including phenoxy) is 4. The Balaban J connectivity index is 1.34. The number of alkyl carbamates (subject to hydrolysis) is 1. The summed E-state index contributed by atoms with van der Waals surface area (Å²) in [5, 5.41) is 26.3. The number of hydrogen-bond donors (Lipinski definition) is 3. The van der Waals surface area contributed by atoms with Gasteiger partial charge in [0.05, 0.1) is 24.5 Å². The number of thioether (sulfide) groups is 1. The van der Waals surface area contributed by atoms with E-state index in [-0.39, 0.29) is 54.4 Å². The van der Waals surface area contributed by atoms with Crippen molar-refractivity contribution in [2.75, 3.05) is 45.5 Å². The molecule has 2 saturated heterocycles. The highest BCUT2D eigenvalue weighted by atomic mass is 32.2. The first-order valence-electron chi connectivity index (χ1n) is 23.6. The Morgan fingerprint density at radius 2 is 1.71 bits per heavy atom. The van der Waals surface area contributed by atoms with E-state index in [2.05, 4.69) is 5.32 Å². The Morgan fingerprint density at radius 3 is 2.34 bits per heavy atom. The number of likely N-dealkylation sites (N-methyl/N-ethyl adjacent to an activating group) is 1. The standard InChI is InChI=1S/C50H72N4O13S/c1-28-13-12-14-41(65-11)50(63)26-39(66-48(61)51-50)29(2)31(4)49(7,62)42(25-44(57)53(9)37-22-35(21-28)23-38(64-10)30(37)3)67-47(60)32(5)52(8)43(56)19-20-68-40-24-45(58)54(46(40)59)27-34-15-17-36(18-16-34)33(6)55/h12-14,22-23,29,31-32,34,36,39-42,62-63H,15-21,24-27H2,1-11H3,(H,51,61)/b14-12+,28-13+/t29-,31-,32-,34?,36?,39-,40?,41+,42-,49+,50-/m0/s1. The molecule has 9 atom stereocenters. The van der Waals surface area contributed by atoms with E-state index < -0.39 is 83.1 Å². The van der Waals surface area contributed by atoms with Gasteiger partial charge in [0, 0.05) is 64.2 Å². The van der Waals surface area contributed by atoms with Crippen LogP contribution in [-0.2, 0) is 49.4 Å². The third-order valence-electron chi connectivity index (χ3n) is 14.9. The predicted molar refractivity (Wildman–Crippen MR) is 256 cm³/mol. The lowest BCUT2D eigenvalue weighted by Gasteiger charge is -2.46. The van der Waals surface area contributed by atoms with Gasteiger partial charge < -0.3 is 39.0 Å². The van der Waals surface area contributed by atoms with Crippen molar-refractivity contribution >= 4 is 58.9 Å². The van der Waals surface area contributed by atoms with E-state index in [1.807, 2.05) is 32.1 Å². The number of hydrogen-bond acceptors (Lipinski definition) is 14. The number of Topliss-reactive ketones (excluding diaryl/α,β-unsaturated/α-hetero) is 1. The van der Waals surface area contributed by atoms with Gasteiger partial charge in [-0.25, -0.2) is 9.59 Å². The first-order valence-corrected chi connectivity index (χ1v) is 24.6. The minimum atomic E-state index is -1.97. The second-order valence-electron chi connectivity index (χ2n) is 19.5. The van der Waals surface area contributed by atoms with Gasteiger partial charge in [-0.15, -0.1) is 11.8 Å². The van der Waals surface area contributed by atoms with Crippen molar-refractivity contribution in [2.45, 2.75) is 147 Å². The predicted octanol–water partition coefficient (Wildman–Crippen LogP) is 5.05. The molecule has 3 N–H and O–H groups in total. The first kappa shape index (κ1) is 54.2. The molecule has 4 bridgehead atoms. The van der Waals surface area contributed by atoms with Gasteiger partial charge in [0.2, 0.25) is 23.6 Å². The molecule has 376 valence electrons. The number of anilines is 1. The molecule has 3 heterocycles. The molecule has 68 heavy (non-hydrogen) atoms. The molecule has 1 aromatic rings. The number of rotatable bonds is 12. The van der Waals surface area contributed by atoms with Gasteiger partial charge in [0.25, 0.3) is 0 Å². The number of amides is 5. The average molecular weight is 969 g/mol. The number of carbonyl (C=O) groups excluding carboxylic acids is 7. The molecule has 3 aliphatic heterocycles. The molecule has 18 heteroatoms. The lowest BCUT2D eigenvalue weighted by molar-refractivity contribution is -0.186. The van der Waals surface area contributed by atoms with Crippen molar-refractivity contribution < 1.29 is 62.7 Å². The summed E-state index contributed by atoms with van der Waals surface area (Å²) in [5.74, 6) is -2.78. The number of imide groups is 1. The number of nitrogens with zero attached hydrogens (tertiary/aromatic N) is 3. The van der Waals surface area contributed by atoms with Crippen LogP contribution in [0.4, 0.5) is 10.5 Å². The monoisotopic (exact) mass is 968 g/mol. The number of allylic oxidation sites excluding steroid dienone is 3. The molecule has 17 nitrogen and oxygen atoms in total. The number of fused-ring (bicyclic) bond motifs is 4. The Hall–Kier alpha value is -4.78. The number of likely N-dealkylation sites (tertiary alicyclic amines) is 1. The number of ketones is 1. The lowest BCUT2D eigenvalue weighted by atomic mass is 9.73. The van der Waals surface area contributed by atoms with Crippen molar-refractivity contribution in [1.82, 2.24) is 15.1 Å². The topological polar surface area (TPSA) is 219 Å². The van der Waals surface area contributed by atoms with E-state index >= 15 is 0 Å². The van der Waals surface area contributed by atoms with Gasteiger partial charge in [-0.1, -0.05) is 37.6 Å². The number of nitrogens with one attached hydrogen (secondary N) is 1. The Kier molecular flexibility index (Phi) is 18.1. The van der Waals surface area contributed by atoms with E-state index in [1.165, 1.54) is 61.6 Å². The minimum absolute atomic E-state index is 0.0346. The number of benzene rings is 1. The van der Waals surface area contributed by atoms with Crippen LogP contribution in [0.5, 0.6) is 5.75 Å². The summed E-state index contributed by atoms with van der Waals surface area (Å²) in [7, 11) is 5.97. The summed E-state index contributed by atoms with van der Waals surface area (Å²) < 4.78 is 23.2. The number of aliphatic hydroxyl groups is 2. The van der Waals surface area contributed by atoms with Gasteiger partial charge in [0.1, 0.15) is 41.5 Å². The van der Waals surface area contributed by atoms with Crippen molar-refractivity contribution in [3.05, 3.63) is 47.1 Å². The summed E-state index contributed by atoms with van der Waals surface area (Å²) in [5.41, 5.74) is -0.917. The van der Waals surface area contributed by atoms with E-state index in [9.17, 15) is 43.8 Å². The fourth-order valence-electron chi connectivity index (χ4n) is 9.76. The molecule has 1 aliphatic carbocycles. The largest absolute Gasteiger partial charge is 0.496 e. The fraction of sp³-hybridized carbons (Fsp3) is 0.660. The third kappa shape index (κ3) is 12.5. The highest BCUT2D eigenvalue weighted by molar-refractivity contribution is 8.00. The van der Waals surface area contributed by atoms with Crippen molar-refractivity contribution in [2.24, 2.45) is 23.7 Å². The summed E-state index contributed by atoms with van der Waals surface area (Å²) in [4.78, 5) is 97.1. The fourth-order valence-corrected chi connectivity index (χ4v) is 10.9. The molecule has 1 saturated carbocycles. The van der Waals surface area contributed by atoms with Crippen LogP contribution in [-0.4, -0.2) is 143 Å². The Morgan fingerprint density at radius 1 is 1.03 bits per heavy atom. The second-order valence-corrected chi connectivity index (χ2v) is 20.8. The molecule has 4 aliphatic rings. The zero-order chi connectivity index (χ0) is 50.4. The van der Waals surface area contributed by atoms with Crippen LogP contribution in [0.25, 0.3) is 0 Å². The van der Waals surface area contributed by atoms with Gasteiger partial charge in [-0.3, -0.25) is 34.2 Å². The third-order valence-corrected chi connectivity index (χ3v) is 16.1. The van der Waals surface area contributed by atoms with Crippen LogP contribution in [0.1, 0.15) is 104 Å². The normalized spacial score (nSPS) is 32.3. The zero-order valence-corrected chi connectivity index (χ0v) is 42.3. The molecule has 0 radical (unpaired) electrons. The van der Waals surface area contributed by atoms with Gasteiger partial charge in [-0.05, 0) is 102 Å². The van der Waals surface area contributed by atoms with E-state index in [1.54, 1.807) is 40.0 Å². The van der Waals surface area contributed by atoms with Crippen LogP contribution in [0.15, 0.2) is 35.9 Å². The summed E-state index contributed by atoms with van der Waals surface area (Å²) in [6.07, 6.45) is 3.73. The van der Waals surface area contributed by atoms with E-state index in [4.69, 9.17) is 18.9 Å². The van der Waals surface area contributed by atoms with Gasteiger partial charge >= 0.3 is 12.1 Å². The SMILES string of the molecule is COc1cc2cc(c1C)N(C)C(=O)C[C@H](OC(=O)[C@H](C)N(C)C(=O)CCSC1CC(=O)N(CC3CCC(C(C)=O)CC3)C1=O)[C@](C)(O)[C@@H](C)[C@H](C)[C@@H]1C[C@@](O)(NC(=O)O1)[C@H](OC)/C=C/C=C(\C)C2. The quantitative estimate of drug-likeness (QED) is 0.185. The van der Waals surface area contributed by atoms with Crippen LogP contribution in [0, 0.1) is 30.6 Å². The highest BCUT2D eigenvalue weighted by Gasteiger charge is 2.51. The average Bonchev–Trinajstić information content (AvgIpc) is 3.55. The number of methoxy groups -OCH3 is 2. The van der Waals surface area contributed by atoms with E-state index in [0.29, 0.717) is 30.0 Å². The zero-order valence-electron chi connectivity index (χ0n) is 41.5. The molecule has 3 fully saturated rings. The van der Waals surface area contributed by atoms with Crippen molar-refractivity contribution in [1.29, 1.82) is 0 Å². The van der Waals surface area contributed by atoms with Crippen LogP contribution < -0.4 is 15.0 Å². The molecular weight excluding hydrogens is 897 g/mol. The molecule has 0 spiro atoms. The van der Waals surface area contributed by atoms with Crippen molar-refractivity contribution in [3.8, 4) is 5.75 Å². The van der Waals surface area contributed by atoms with Crippen LogP contribution in [0.2, 0.25) is 0 Å². The highest BCUT2D eigenvalue weighted by Crippen LogP contribution is 2.40. The smallest absolute Gasteiger partial charge is 0.409 e. The Bertz CT molecular complexity index is 2140. The maximum atomic E-state index is 14.4. The molecule has 5 amide bonds. The van der Waals surface area contributed by atoms with E-state index in [0.717, 1.165) is 36.8 Å². The minimum Gasteiger partial charge on any atom is -0.496 e. The maximum absolute atomic E-state index is 14.4. The maximum Gasteiger partial charge on any atom is 0.409 e. The van der Waals surface area contributed by atoms with Crippen LogP contribution in [0.3, 0.4) is 0 Å². The summed E-state index contributed by atoms with van der Waals surface area (Å²) in [6, 6.07) is 2.57. The summed E-state index contributed by atoms with van der Waals surface area (Å²) in [6.45, 7) is 12.0. The lowest BCUT2D eigenvalue weighted by Crippen LogP contribution is -2.64. The van der Waals surface area contributed by atoms with Crippen molar-refractivity contribution in [3.63, 3.8) is 0 Å².